The number of aryl methyl sites for hydroxylation is 1. The quantitative estimate of drug-likeness (QED) is 0.587. The lowest BCUT2D eigenvalue weighted by molar-refractivity contribution is -0.133. The summed E-state index contributed by atoms with van der Waals surface area (Å²) in [5, 5.41) is 0. The van der Waals surface area contributed by atoms with E-state index in [4.69, 9.17) is 4.98 Å². The molecule has 1 atom stereocenters. The minimum absolute atomic E-state index is 0.0380. The summed E-state index contributed by atoms with van der Waals surface area (Å²) in [4.78, 5) is 35.1. The number of benzene rings is 2. The van der Waals surface area contributed by atoms with Gasteiger partial charge in [0.1, 0.15) is 12.4 Å². The summed E-state index contributed by atoms with van der Waals surface area (Å²) in [5.41, 5.74) is 4.02. The number of amides is 2. The Labute approximate surface area is 195 Å². The van der Waals surface area contributed by atoms with Crippen LogP contribution >= 0.6 is 0 Å². The Morgan fingerprint density at radius 3 is 2.58 bits per heavy atom. The van der Waals surface area contributed by atoms with Gasteiger partial charge < -0.3 is 14.4 Å². The van der Waals surface area contributed by atoms with Crippen LogP contribution in [0.1, 0.15) is 50.4 Å². The van der Waals surface area contributed by atoms with Crippen molar-refractivity contribution >= 4 is 28.5 Å². The van der Waals surface area contributed by atoms with Crippen LogP contribution in [0.2, 0.25) is 0 Å². The van der Waals surface area contributed by atoms with E-state index in [2.05, 4.69) is 24.5 Å². The van der Waals surface area contributed by atoms with Crippen molar-refractivity contribution in [3.05, 3.63) is 59.9 Å². The third kappa shape index (κ3) is 4.14. The molecule has 1 unspecified atom stereocenters. The van der Waals surface area contributed by atoms with Crippen molar-refractivity contribution in [3.63, 3.8) is 0 Å². The monoisotopic (exact) mass is 444 g/mol. The van der Waals surface area contributed by atoms with E-state index in [0.29, 0.717) is 18.9 Å². The third-order valence-corrected chi connectivity index (χ3v) is 7.27. The van der Waals surface area contributed by atoms with E-state index in [-0.39, 0.29) is 24.3 Å². The third-order valence-electron chi connectivity index (χ3n) is 7.27. The lowest BCUT2D eigenvalue weighted by atomic mass is 9.99. The molecule has 2 aliphatic heterocycles. The van der Waals surface area contributed by atoms with Crippen molar-refractivity contribution in [2.75, 3.05) is 24.5 Å². The second-order valence-corrected chi connectivity index (χ2v) is 9.50. The van der Waals surface area contributed by atoms with Crippen molar-refractivity contribution in [1.82, 2.24) is 14.5 Å². The standard InChI is InChI=1S/C27H32N4O2/c1-3-20-8-4-6-10-23(20)30-17-21(16-25(30)32)27-28-22-9-5-7-11-24(22)31(27)18-26(33)29-14-12-19(2)13-15-29/h4-11,19,21H,3,12-18H2,1-2H3. The van der Waals surface area contributed by atoms with Gasteiger partial charge in [0.15, 0.2) is 0 Å². The van der Waals surface area contributed by atoms with E-state index in [1.807, 2.05) is 52.3 Å². The number of likely N-dealkylation sites (tertiary alicyclic amines) is 1. The smallest absolute Gasteiger partial charge is 0.242 e. The zero-order valence-corrected chi connectivity index (χ0v) is 19.5. The van der Waals surface area contributed by atoms with Crippen LogP contribution in [0, 0.1) is 5.92 Å². The maximum Gasteiger partial charge on any atom is 0.242 e. The molecule has 3 aromatic rings. The average molecular weight is 445 g/mol. The molecule has 2 amide bonds. The van der Waals surface area contributed by atoms with Gasteiger partial charge >= 0.3 is 0 Å². The van der Waals surface area contributed by atoms with Crippen LogP contribution < -0.4 is 4.90 Å². The van der Waals surface area contributed by atoms with Gasteiger partial charge in [0.05, 0.1) is 11.0 Å². The molecule has 3 heterocycles. The number of piperidine rings is 1. The van der Waals surface area contributed by atoms with Crippen molar-refractivity contribution in [2.45, 2.75) is 52.0 Å². The molecule has 0 N–H and O–H groups in total. The number of carbonyl (C=O) groups is 2. The maximum atomic E-state index is 13.2. The molecule has 2 fully saturated rings. The molecule has 6 nitrogen and oxygen atoms in total. The number of para-hydroxylation sites is 3. The molecule has 0 bridgehead atoms. The average Bonchev–Trinajstić information content (AvgIpc) is 3.40. The van der Waals surface area contributed by atoms with Gasteiger partial charge in [-0.05, 0) is 48.9 Å². The van der Waals surface area contributed by atoms with Gasteiger partial charge in [0.2, 0.25) is 11.8 Å². The highest BCUT2D eigenvalue weighted by Gasteiger charge is 2.36. The number of hydrogen-bond acceptors (Lipinski definition) is 3. The molecule has 2 aromatic carbocycles. The predicted octanol–water partition coefficient (Wildman–Crippen LogP) is 4.38. The number of imidazole rings is 1. The number of carbonyl (C=O) groups excluding carboxylic acids is 2. The van der Waals surface area contributed by atoms with Crippen LogP contribution in [-0.4, -0.2) is 45.9 Å². The van der Waals surface area contributed by atoms with Gasteiger partial charge in [0.25, 0.3) is 0 Å². The summed E-state index contributed by atoms with van der Waals surface area (Å²) in [7, 11) is 0. The molecular formula is C27H32N4O2. The van der Waals surface area contributed by atoms with E-state index < -0.39 is 0 Å². The van der Waals surface area contributed by atoms with Crippen LogP contribution in [0.15, 0.2) is 48.5 Å². The highest BCUT2D eigenvalue weighted by molar-refractivity contribution is 5.97. The Kier molecular flexibility index (Phi) is 5.92. The van der Waals surface area contributed by atoms with Gasteiger partial charge in [-0.2, -0.15) is 0 Å². The Morgan fingerprint density at radius 2 is 1.79 bits per heavy atom. The Bertz CT molecular complexity index is 1180. The summed E-state index contributed by atoms with van der Waals surface area (Å²) in [6.45, 7) is 6.89. The molecule has 172 valence electrons. The molecule has 2 saturated heterocycles. The van der Waals surface area contributed by atoms with E-state index in [1.54, 1.807) is 0 Å². The van der Waals surface area contributed by atoms with Crippen LogP contribution in [-0.2, 0) is 22.6 Å². The first-order chi connectivity index (χ1) is 16.0. The van der Waals surface area contributed by atoms with Crippen molar-refractivity contribution in [3.8, 4) is 0 Å². The lowest BCUT2D eigenvalue weighted by Gasteiger charge is -2.30. The fourth-order valence-electron chi connectivity index (χ4n) is 5.25. The number of aromatic nitrogens is 2. The van der Waals surface area contributed by atoms with E-state index in [0.717, 1.165) is 54.9 Å². The summed E-state index contributed by atoms with van der Waals surface area (Å²) < 4.78 is 2.06. The Balaban J connectivity index is 1.45. The summed E-state index contributed by atoms with van der Waals surface area (Å²) in [6, 6.07) is 16.1. The molecule has 6 heteroatoms. The summed E-state index contributed by atoms with van der Waals surface area (Å²) in [5.74, 6) is 1.75. The van der Waals surface area contributed by atoms with Crippen LogP contribution in [0.5, 0.6) is 0 Å². The summed E-state index contributed by atoms with van der Waals surface area (Å²) >= 11 is 0. The normalized spacial score (nSPS) is 19.6. The fraction of sp³-hybridized carbons (Fsp3) is 0.444. The number of anilines is 1. The number of rotatable bonds is 5. The second kappa shape index (κ2) is 9.00. The SMILES string of the molecule is CCc1ccccc1N1CC(c2nc3ccccc3n2CC(=O)N2CCC(C)CC2)CC1=O. The molecule has 5 rings (SSSR count). The molecule has 0 saturated carbocycles. The van der Waals surface area contributed by atoms with Gasteiger partial charge in [-0.3, -0.25) is 9.59 Å². The number of hydrogen-bond donors (Lipinski definition) is 0. The first kappa shape index (κ1) is 21.7. The second-order valence-electron chi connectivity index (χ2n) is 9.50. The highest BCUT2D eigenvalue weighted by atomic mass is 16.2. The minimum Gasteiger partial charge on any atom is -0.341 e. The van der Waals surface area contributed by atoms with Crippen LogP contribution in [0.4, 0.5) is 5.69 Å². The first-order valence-corrected chi connectivity index (χ1v) is 12.2. The molecule has 1 aromatic heterocycles. The Morgan fingerprint density at radius 1 is 1.06 bits per heavy atom. The molecule has 2 aliphatic rings. The van der Waals surface area contributed by atoms with Gasteiger partial charge in [-0.15, -0.1) is 0 Å². The number of fused-ring (bicyclic) bond motifs is 1. The van der Waals surface area contributed by atoms with E-state index >= 15 is 0 Å². The van der Waals surface area contributed by atoms with Crippen LogP contribution in [0.25, 0.3) is 11.0 Å². The minimum atomic E-state index is -0.0380. The molecular weight excluding hydrogens is 412 g/mol. The zero-order valence-electron chi connectivity index (χ0n) is 19.5. The lowest BCUT2D eigenvalue weighted by Crippen LogP contribution is -2.40. The molecule has 0 aliphatic carbocycles. The first-order valence-electron chi connectivity index (χ1n) is 12.2. The van der Waals surface area contributed by atoms with Crippen molar-refractivity contribution < 1.29 is 9.59 Å². The topological polar surface area (TPSA) is 58.4 Å². The molecule has 33 heavy (non-hydrogen) atoms. The zero-order chi connectivity index (χ0) is 22.9. The van der Waals surface area contributed by atoms with E-state index in [9.17, 15) is 9.59 Å². The molecule has 0 radical (unpaired) electrons. The maximum absolute atomic E-state index is 13.2. The summed E-state index contributed by atoms with van der Waals surface area (Å²) in [6.07, 6.45) is 3.42. The van der Waals surface area contributed by atoms with Crippen molar-refractivity contribution in [2.24, 2.45) is 5.92 Å². The fourth-order valence-corrected chi connectivity index (χ4v) is 5.25. The number of nitrogens with zero attached hydrogens (tertiary/aromatic N) is 4. The van der Waals surface area contributed by atoms with E-state index in [1.165, 1.54) is 5.56 Å². The van der Waals surface area contributed by atoms with Gasteiger partial charge in [-0.1, -0.05) is 44.2 Å². The molecule has 0 spiro atoms. The van der Waals surface area contributed by atoms with Gasteiger partial charge in [0, 0.05) is 37.7 Å². The highest BCUT2D eigenvalue weighted by Crippen LogP contribution is 2.35. The Hall–Kier alpha value is -3.15. The van der Waals surface area contributed by atoms with Crippen molar-refractivity contribution in [1.29, 1.82) is 0 Å². The van der Waals surface area contributed by atoms with Gasteiger partial charge in [-0.25, -0.2) is 4.98 Å². The van der Waals surface area contributed by atoms with Crippen LogP contribution in [0.3, 0.4) is 0 Å². The predicted molar refractivity (Wildman–Crippen MR) is 130 cm³/mol. The largest absolute Gasteiger partial charge is 0.341 e.